The van der Waals surface area contributed by atoms with Crippen molar-refractivity contribution in [2.75, 3.05) is 19.8 Å². The highest BCUT2D eigenvalue weighted by atomic mass is 35.5. The fraction of sp³-hybridized carbons (Fsp3) is 0.474. The average molecular weight is 379 g/mol. The van der Waals surface area contributed by atoms with E-state index in [0.717, 1.165) is 28.4 Å². The van der Waals surface area contributed by atoms with E-state index in [1.165, 1.54) is 11.3 Å². The van der Waals surface area contributed by atoms with Gasteiger partial charge in [-0.05, 0) is 30.5 Å². The standard InChI is InChI=1S/C19H23ClN2O2S/c1-13(2)18-22-16(11-25-18)17(23)21-12-19(6-8-24-9-7-19)14-4-3-5-15(20)10-14/h3-5,10-11,13H,6-9,12H2,1-2H3,(H,21,23). The van der Waals surface area contributed by atoms with Crippen molar-refractivity contribution in [3.8, 4) is 0 Å². The summed E-state index contributed by atoms with van der Waals surface area (Å²) in [6.07, 6.45) is 1.73. The van der Waals surface area contributed by atoms with Gasteiger partial charge in [0.15, 0.2) is 0 Å². The van der Waals surface area contributed by atoms with Crippen molar-refractivity contribution in [3.05, 3.63) is 50.9 Å². The Morgan fingerprint density at radius 3 is 2.80 bits per heavy atom. The number of nitrogens with one attached hydrogen (secondary N) is 1. The van der Waals surface area contributed by atoms with Crippen LogP contribution in [-0.4, -0.2) is 30.6 Å². The van der Waals surface area contributed by atoms with Gasteiger partial charge >= 0.3 is 0 Å². The highest BCUT2D eigenvalue weighted by molar-refractivity contribution is 7.09. The van der Waals surface area contributed by atoms with E-state index >= 15 is 0 Å². The fourth-order valence-electron chi connectivity index (χ4n) is 3.15. The first kappa shape index (κ1) is 18.4. The molecule has 25 heavy (non-hydrogen) atoms. The molecule has 6 heteroatoms. The van der Waals surface area contributed by atoms with E-state index in [9.17, 15) is 4.79 Å². The lowest BCUT2D eigenvalue weighted by molar-refractivity contribution is 0.0487. The van der Waals surface area contributed by atoms with Gasteiger partial charge in [-0.25, -0.2) is 4.98 Å². The largest absolute Gasteiger partial charge is 0.381 e. The molecule has 0 unspecified atom stereocenters. The summed E-state index contributed by atoms with van der Waals surface area (Å²) in [5.41, 5.74) is 1.52. The predicted molar refractivity (Wildman–Crippen MR) is 102 cm³/mol. The van der Waals surface area contributed by atoms with Crippen LogP contribution in [-0.2, 0) is 10.2 Å². The third-order valence-electron chi connectivity index (χ3n) is 4.72. The summed E-state index contributed by atoms with van der Waals surface area (Å²) in [4.78, 5) is 17.0. The Bertz CT molecular complexity index is 739. The second kappa shape index (κ2) is 7.85. The number of aromatic nitrogens is 1. The van der Waals surface area contributed by atoms with Crippen molar-refractivity contribution < 1.29 is 9.53 Å². The lowest BCUT2D eigenvalue weighted by Gasteiger charge is -2.38. The van der Waals surface area contributed by atoms with Gasteiger partial charge in [0.25, 0.3) is 5.91 Å². The lowest BCUT2D eigenvalue weighted by atomic mass is 9.74. The average Bonchev–Trinajstić information content (AvgIpc) is 3.11. The second-order valence-electron chi connectivity index (χ2n) is 6.81. The van der Waals surface area contributed by atoms with E-state index < -0.39 is 0 Å². The molecule has 1 amide bonds. The SMILES string of the molecule is CC(C)c1nc(C(=O)NCC2(c3cccc(Cl)c3)CCOCC2)cs1. The molecule has 1 aliphatic rings. The van der Waals surface area contributed by atoms with E-state index in [1.807, 2.05) is 23.6 Å². The lowest BCUT2D eigenvalue weighted by Crippen LogP contribution is -2.44. The number of carbonyl (C=O) groups excluding carboxylic acids is 1. The van der Waals surface area contributed by atoms with Gasteiger partial charge < -0.3 is 10.1 Å². The van der Waals surface area contributed by atoms with E-state index in [2.05, 4.69) is 30.2 Å². The first-order valence-electron chi connectivity index (χ1n) is 8.58. The van der Waals surface area contributed by atoms with Gasteiger partial charge in [0.2, 0.25) is 0 Å². The highest BCUT2D eigenvalue weighted by Crippen LogP contribution is 2.35. The number of nitrogens with zero attached hydrogens (tertiary/aromatic N) is 1. The number of benzene rings is 1. The fourth-order valence-corrected chi connectivity index (χ4v) is 4.15. The molecule has 2 heterocycles. The minimum atomic E-state index is -0.143. The maximum absolute atomic E-state index is 12.5. The molecule has 0 spiro atoms. The first-order valence-corrected chi connectivity index (χ1v) is 9.83. The normalized spacial score (nSPS) is 16.8. The summed E-state index contributed by atoms with van der Waals surface area (Å²) in [7, 11) is 0. The number of hydrogen-bond acceptors (Lipinski definition) is 4. The van der Waals surface area contributed by atoms with Crippen LogP contribution in [0, 0.1) is 0 Å². The topological polar surface area (TPSA) is 51.2 Å². The van der Waals surface area contributed by atoms with Crippen LogP contribution in [0.25, 0.3) is 0 Å². The zero-order valence-corrected chi connectivity index (χ0v) is 16.1. The Hall–Kier alpha value is -1.43. The molecule has 0 bridgehead atoms. The smallest absolute Gasteiger partial charge is 0.270 e. The maximum atomic E-state index is 12.5. The van der Waals surface area contributed by atoms with Gasteiger partial charge in [0.1, 0.15) is 5.69 Å². The van der Waals surface area contributed by atoms with Crippen LogP contribution in [0.2, 0.25) is 5.02 Å². The van der Waals surface area contributed by atoms with E-state index in [-0.39, 0.29) is 11.3 Å². The van der Waals surface area contributed by atoms with Gasteiger partial charge in [-0.3, -0.25) is 4.79 Å². The van der Waals surface area contributed by atoms with Crippen LogP contribution in [0.15, 0.2) is 29.6 Å². The molecule has 1 aromatic heterocycles. The zero-order chi connectivity index (χ0) is 17.9. The van der Waals surface area contributed by atoms with Crippen molar-refractivity contribution in [1.82, 2.24) is 10.3 Å². The number of ether oxygens (including phenoxy) is 1. The Labute approximate surface area is 157 Å². The molecule has 1 fully saturated rings. The highest BCUT2D eigenvalue weighted by Gasteiger charge is 2.35. The Kier molecular flexibility index (Phi) is 5.77. The quantitative estimate of drug-likeness (QED) is 0.838. The molecule has 1 aliphatic heterocycles. The van der Waals surface area contributed by atoms with Gasteiger partial charge in [0.05, 0.1) is 5.01 Å². The van der Waals surface area contributed by atoms with Crippen LogP contribution in [0.3, 0.4) is 0 Å². The van der Waals surface area contributed by atoms with E-state index in [4.69, 9.17) is 16.3 Å². The molecule has 1 saturated heterocycles. The third-order valence-corrected chi connectivity index (χ3v) is 6.10. The van der Waals surface area contributed by atoms with Crippen LogP contribution >= 0.6 is 22.9 Å². The molecular weight excluding hydrogens is 356 g/mol. The van der Waals surface area contributed by atoms with Crippen molar-refractivity contribution in [2.24, 2.45) is 0 Å². The number of amides is 1. The molecule has 134 valence electrons. The Morgan fingerprint density at radius 1 is 1.40 bits per heavy atom. The number of rotatable bonds is 5. The summed E-state index contributed by atoms with van der Waals surface area (Å²) < 4.78 is 5.54. The van der Waals surface area contributed by atoms with E-state index in [0.29, 0.717) is 31.4 Å². The van der Waals surface area contributed by atoms with Crippen molar-refractivity contribution in [2.45, 2.75) is 38.0 Å². The van der Waals surface area contributed by atoms with Crippen molar-refractivity contribution in [3.63, 3.8) is 0 Å². The second-order valence-corrected chi connectivity index (χ2v) is 8.14. The summed E-state index contributed by atoms with van der Waals surface area (Å²) in [5.74, 6) is 0.218. The molecule has 0 saturated carbocycles. The van der Waals surface area contributed by atoms with Crippen LogP contribution in [0.4, 0.5) is 0 Å². The van der Waals surface area contributed by atoms with Gasteiger partial charge in [-0.1, -0.05) is 37.6 Å². The number of halogens is 1. The molecule has 1 aromatic carbocycles. The number of hydrogen-bond donors (Lipinski definition) is 1. The number of thiazole rings is 1. The summed E-state index contributed by atoms with van der Waals surface area (Å²) in [5, 5.41) is 6.63. The molecular formula is C19H23ClN2O2S. The maximum Gasteiger partial charge on any atom is 0.270 e. The monoisotopic (exact) mass is 378 g/mol. The van der Waals surface area contributed by atoms with Crippen LogP contribution < -0.4 is 5.32 Å². The molecule has 0 radical (unpaired) electrons. The number of carbonyl (C=O) groups is 1. The van der Waals surface area contributed by atoms with Crippen molar-refractivity contribution >= 4 is 28.8 Å². The minimum Gasteiger partial charge on any atom is -0.381 e. The molecule has 3 rings (SSSR count). The Morgan fingerprint density at radius 2 is 2.16 bits per heavy atom. The zero-order valence-electron chi connectivity index (χ0n) is 14.5. The van der Waals surface area contributed by atoms with Gasteiger partial charge in [-0.2, -0.15) is 0 Å². The minimum absolute atomic E-state index is 0.115. The molecule has 0 aliphatic carbocycles. The van der Waals surface area contributed by atoms with Crippen LogP contribution in [0.5, 0.6) is 0 Å². The predicted octanol–water partition coefficient (Wildman–Crippen LogP) is 4.40. The molecule has 1 N–H and O–H groups in total. The van der Waals surface area contributed by atoms with Crippen molar-refractivity contribution in [1.29, 1.82) is 0 Å². The first-order chi connectivity index (χ1) is 12.0. The van der Waals surface area contributed by atoms with Gasteiger partial charge in [0, 0.05) is 41.5 Å². The molecule has 4 nitrogen and oxygen atoms in total. The summed E-state index contributed by atoms with van der Waals surface area (Å²) >= 11 is 7.73. The molecule has 0 atom stereocenters. The third kappa shape index (κ3) is 4.22. The van der Waals surface area contributed by atoms with Gasteiger partial charge in [-0.15, -0.1) is 11.3 Å². The van der Waals surface area contributed by atoms with Crippen LogP contribution in [0.1, 0.15) is 53.7 Å². The Balaban J connectivity index is 1.75. The van der Waals surface area contributed by atoms with E-state index in [1.54, 1.807) is 0 Å². The molecule has 2 aromatic rings. The summed E-state index contributed by atoms with van der Waals surface area (Å²) in [6, 6.07) is 7.92. The summed E-state index contributed by atoms with van der Waals surface area (Å²) in [6.45, 7) is 6.10.